The Kier molecular flexibility index (Phi) is 11.0. The summed E-state index contributed by atoms with van der Waals surface area (Å²) in [5.41, 5.74) is 2.52. The number of carbonyl (C=O) groups is 5. The first-order valence-corrected chi connectivity index (χ1v) is 15.1. The van der Waals surface area contributed by atoms with Gasteiger partial charge in [0.2, 0.25) is 0 Å². The third kappa shape index (κ3) is 8.80. The van der Waals surface area contributed by atoms with Gasteiger partial charge in [-0.1, -0.05) is 0 Å². The number of rotatable bonds is 13. The van der Waals surface area contributed by atoms with E-state index in [1.54, 1.807) is 62.0 Å². The highest BCUT2D eigenvalue weighted by atomic mass is 16.3. The van der Waals surface area contributed by atoms with Crippen molar-refractivity contribution >= 4 is 52.4 Å². The number of aryl methyl sites for hydroxylation is 4. The van der Waals surface area contributed by atoms with Gasteiger partial charge in [-0.15, -0.1) is 4.91 Å². The molecule has 6 amide bonds. The Morgan fingerprint density at radius 2 is 0.939 bits per heavy atom. The molecular weight excluding hydrogens is 636 g/mol. The number of nitrogens with one attached hydrogen (secondary N) is 5. The van der Waals surface area contributed by atoms with Crippen molar-refractivity contribution in [3.05, 3.63) is 76.7 Å². The molecule has 18 heteroatoms. The van der Waals surface area contributed by atoms with Gasteiger partial charge in [0.05, 0.1) is 28.0 Å². The van der Waals surface area contributed by atoms with Crippen LogP contribution in [-0.2, 0) is 28.2 Å². The van der Waals surface area contributed by atoms with E-state index in [1.807, 2.05) is 19.0 Å². The predicted octanol–water partition coefficient (Wildman–Crippen LogP) is 2.62. The van der Waals surface area contributed by atoms with E-state index in [-0.39, 0.29) is 28.7 Å². The highest BCUT2D eigenvalue weighted by Gasteiger charge is 2.20. The third-order valence-corrected chi connectivity index (χ3v) is 7.46. The normalized spacial score (nSPS) is 10.9. The summed E-state index contributed by atoms with van der Waals surface area (Å²) in [7, 11) is 11.7. The Morgan fingerprint density at radius 3 is 1.29 bits per heavy atom. The van der Waals surface area contributed by atoms with Gasteiger partial charge in [0.1, 0.15) is 22.8 Å². The summed E-state index contributed by atoms with van der Waals surface area (Å²) in [5, 5.41) is 16.7. The van der Waals surface area contributed by atoms with E-state index in [1.165, 1.54) is 40.6 Å². The molecule has 0 aromatic carbocycles. The number of carbonyl (C=O) groups excluding carboxylic acids is 5. The lowest BCUT2D eigenvalue weighted by Gasteiger charge is -2.10. The first-order valence-electron chi connectivity index (χ1n) is 15.1. The highest BCUT2D eigenvalue weighted by Crippen LogP contribution is 2.21. The van der Waals surface area contributed by atoms with E-state index >= 15 is 0 Å². The third-order valence-electron chi connectivity index (χ3n) is 7.46. The van der Waals surface area contributed by atoms with Gasteiger partial charge in [-0.3, -0.25) is 19.2 Å². The minimum Gasteiger partial charge on any atom is -0.351 e. The van der Waals surface area contributed by atoms with E-state index in [0.717, 1.165) is 13.0 Å². The number of urea groups is 1. The molecule has 0 fully saturated rings. The summed E-state index contributed by atoms with van der Waals surface area (Å²) in [5.74, 6) is -1.67. The summed E-state index contributed by atoms with van der Waals surface area (Å²) in [6.07, 6.45) is 7.09. The number of nitroso groups, excluding NO2 is 1. The van der Waals surface area contributed by atoms with Crippen LogP contribution in [0.3, 0.4) is 0 Å². The van der Waals surface area contributed by atoms with Gasteiger partial charge in [-0.25, -0.2) is 4.79 Å². The van der Waals surface area contributed by atoms with Crippen LogP contribution in [0.2, 0.25) is 0 Å². The molecule has 0 aliphatic rings. The monoisotopic (exact) mass is 676 g/mol. The van der Waals surface area contributed by atoms with Crippen molar-refractivity contribution in [2.75, 3.05) is 55.5 Å². The highest BCUT2D eigenvalue weighted by molar-refractivity contribution is 6.09. The van der Waals surface area contributed by atoms with Crippen molar-refractivity contribution in [2.24, 2.45) is 33.5 Å². The SMILES string of the molecule is CN(C)CCCNC(=O)c1cc(NC(=O)c2cc(NC(=O)c3cc(NC(=O)c4cc(NC(=O)N(C)N=O)cn4C)cn3C)cn2C)cn1C. The zero-order valence-electron chi connectivity index (χ0n) is 28.3. The second-order valence-electron chi connectivity index (χ2n) is 11.7. The molecule has 18 nitrogen and oxygen atoms in total. The summed E-state index contributed by atoms with van der Waals surface area (Å²) < 4.78 is 6.22. The summed E-state index contributed by atoms with van der Waals surface area (Å²) >= 11 is 0. The Balaban J connectivity index is 1.36. The molecule has 5 N–H and O–H groups in total. The zero-order valence-corrected chi connectivity index (χ0v) is 28.3. The summed E-state index contributed by atoms with van der Waals surface area (Å²) in [4.78, 5) is 76.4. The second kappa shape index (κ2) is 15.2. The number of nitrogens with zero attached hydrogens (tertiary/aromatic N) is 7. The molecule has 4 aromatic rings. The molecule has 4 rings (SSSR count). The molecular formula is C31H40N12O6. The number of anilines is 4. The van der Waals surface area contributed by atoms with Crippen molar-refractivity contribution < 1.29 is 24.0 Å². The Labute approximate surface area is 281 Å². The maximum atomic E-state index is 13.2. The number of amides is 6. The van der Waals surface area contributed by atoms with E-state index in [9.17, 15) is 28.9 Å². The van der Waals surface area contributed by atoms with E-state index < -0.39 is 23.8 Å². The van der Waals surface area contributed by atoms with E-state index in [2.05, 4.69) is 31.9 Å². The van der Waals surface area contributed by atoms with Crippen molar-refractivity contribution in [3.8, 4) is 0 Å². The van der Waals surface area contributed by atoms with Crippen LogP contribution in [-0.4, -0.2) is 92.1 Å². The molecule has 0 saturated heterocycles. The fraction of sp³-hybridized carbons (Fsp3) is 0.323. The van der Waals surface area contributed by atoms with Crippen LogP contribution in [0.25, 0.3) is 0 Å². The Hall–Kier alpha value is -6.17. The minimum atomic E-state index is -0.768. The molecule has 0 saturated carbocycles. The quantitative estimate of drug-likeness (QED) is 0.0814. The molecule has 4 heterocycles. The van der Waals surface area contributed by atoms with Gasteiger partial charge in [0.15, 0.2) is 0 Å². The number of aromatic nitrogens is 4. The zero-order chi connectivity index (χ0) is 36.0. The predicted molar refractivity (Wildman–Crippen MR) is 184 cm³/mol. The average Bonchev–Trinajstić information content (AvgIpc) is 3.79. The van der Waals surface area contributed by atoms with Crippen molar-refractivity contribution in [1.82, 2.24) is 33.5 Å². The molecule has 260 valence electrons. The van der Waals surface area contributed by atoms with Crippen LogP contribution < -0.4 is 26.6 Å². The molecule has 0 atom stereocenters. The lowest BCUT2D eigenvalue weighted by molar-refractivity contribution is 0.0942. The maximum Gasteiger partial charge on any atom is 0.344 e. The first kappa shape index (κ1) is 35.7. The van der Waals surface area contributed by atoms with Crippen LogP contribution >= 0.6 is 0 Å². The van der Waals surface area contributed by atoms with E-state index in [0.29, 0.717) is 34.3 Å². The maximum absolute atomic E-state index is 13.2. The molecule has 0 spiro atoms. The van der Waals surface area contributed by atoms with Crippen molar-refractivity contribution in [3.63, 3.8) is 0 Å². The van der Waals surface area contributed by atoms with Gasteiger partial charge in [-0.05, 0) is 51.3 Å². The average molecular weight is 677 g/mol. The largest absolute Gasteiger partial charge is 0.351 e. The van der Waals surface area contributed by atoms with Crippen molar-refractivity contribution in [2.45, 2.75) is 6.42 Å². The van der Waals surface area contributed by atoms with Gasteiger partial charge < -0.3 is 49.8 Å². The summed E-state index contributed by atoms with van der Waals surface area (Å²) in [6, 6.07) is 5.27. The summed E-state index contributed by atoms with van der Waals surface area (Å²) in [6.45, 7) is 1.37. The number of hydrogen-bond acceptors (Lipinski definition) is 8. The standard InChI is InChI=1S/C31H40N12O6/c1-38(2)10-8-9-32-27(44)23-11-19(15-39(23)3)33-28(45)24-12-20(16-40(24)4)34-29(46)25-13-21(17-41(25)5)35-30(47)26-14-22(18-42(26)6)36-31(48)43(7)37-49/h11-18H,8-10H2,1-7H3,(H,32,44)(H,33,45)(H,34,46)(H,35,47)(H,36,48). The van der Waals surface area contributed by atoms with Crippen LogP contribution in [0, 0.1) is 4.91 Å². The van der Waals surface area contributed by atoms with Gasteiger partial charge in [0.25, 0.3) is 23.6 Å². The fourth-order valence-electron chi connectivity index (χ4n) is 4.95. The molecule has 0 aliphatic heterocycles. The van der Waals surface area contributed by atoms with Crippen LogP contribution in [0.5, 0.6) is 0 Å². The fourth-order valence-corrected chi connectivity index (χ4v) is 4.95. The molecule has 0 bridgehead atoms. The lowest BCUT2D eigenvalue weighted by atomic mass is 10.3. The van der Waals surface area contributed by atoms with Crippen LogP contribution in [0.4, 0.5) is 27.5 Å². The molecule has 4 aromatic heterocycles. The molecule has 0 radical (unpaired) electrons. The second-order valence-corrected chi connectivity index (χ2v) is 11.7. The van der Waals surface area contributed by atoms with E-state index in [4.69, 9.17) is 0 Å². The van der Waals surface area contributed by atoms with Gasteiger partial charge in [0, 0.05) is 66.6 Å². The first-order chi connectivity index (χ1) is 23.2. The topological polar surface area (TPSA) is 201 Å². The molecule has 0 unspecified atom stereocenters. The number of hydrogen-bond donors (Lipinski definition) is 5. The van der Waals surface area contributed by atoms with Crippen LogP contribution in [0.15, 0.2) is 54.3 Å². The molecule has 0 aliphatic carbocycles. The van der Waals surface area contributed by atoms with Gasteiger partial charge in [-0.2, -0.15) is 5.01 Å². The Bertz CT molecular complexity index is 1900. The smallest absolute Gasteiger partial charge is 0.344 e. The van der Waals surface area contributed by atoms with Crippen molar-refractivity contribution in [1.29, 1.82) is 0 Å². The van der Waals surface area contributed by atoms with Crippen LogP contribution in [0.1, 0.15) is 48.4 Å². The minimum absolute atomic E-state index is 0.201. The molecule has 49 heavy (non-hydrogen) atoms. The lowest BCUT2D eigenvalue weighted by Crippen LogP contribution is -2.28. The Morgan fingerprint density at radius 1 is 0.592 bits per heavy atom. The van der Waals surface area contributed by atoms with Gasteiger partial charge >= 0.3 is 6.03 Å².